The third-order valence-electron chi connectivity index (χ3n) is 3.25. The van der Waals surface area contributed by atoms with E-state index in [1.807, 2.05) is 0 Å². The highest BCUT2D eigenvalue weighted by Crippen LogP contribution is 2.38. The summed E-state index contributed by atoms with van der Waals surface area (Å²) in [7, 11) is 4.60. The van der Waals surface area contributed by atoms with Gasteiger partial charge in [-0.05, 0) is 12.1 Å². The lowest BCUT2D eigenvalue weighted by atomic mass is 10.1. The smallest absolute Gasteiger partial charge is 0.254 e. The Hall–Kier alpha value is -1.95. The SMILES string of the molecule is COc1cc(C(=O)N2CC[N]CC2)cc(OC)c1OC. The molecule has 109 valence electrons. The van der Waals surface area contributed by atoms with Crippen LogP contribution in [0.15, 0.2) is 12.1 Å². The molecule has 0 saturated carbocycles. The number of rotatable bonds is 4. The van der Waals surface area contributed by atoms with E-state index in [4.69, 9.17) is 14.2 Å². The van der Waals surface area contributed by atoms with Crippen LogP contribution in [0.1, 0.15) is 10.4 Å². The number of hydrogen-bond acceptors (Lipinski definition) is 4. The fourth-order valence-corrected chi connectivity index (χ4v) is 2.20. The Labute approximate surface area is 118 Å². The van der Waals surface area contributed by atoms with Gasteiger partial charge in [-0.3, -0.25) is 4.79 Å². The minimum atomic E-state index is -0.0425. The van der Waals surface area contributed by atoms with Gasteiger partial charge in [0.2, 0.25) is 5.75 Å². The lowest BCUT2D eigenvalue weighted by molar-refractivity contribution is 0.0733. The molecule has 1 aliphatic heterocycles. The maximum atomic E-state index is 12.5. The van der Waals surface area contributed by atoms with Crippen LogP contribution in [0.3, 0.4) is 0 Å². The Morgan fingerprint density at radius 3 is 2.05 bits per heavy atom. The van der Waals surface area contributed by atoms with Crippen LogP contribution in [-0.2, 0) is 0 Å². The van der Waals surface area contributed by atoms with Crippen molar-refractivity contribution in [1.29, 1.82) is 0 Å². The van der Waals surface area contributed by atoms with Crippen molar-refractivity contribution in [1.82, 2.24) is 10.2 Å². The summed E-state index contributed by atoms with van der Waals surface area (Å²) in [6, 6.07) is 3.35. The van der Waals surface area contributed by atoms with Gasteiger partial charge in [0, 0.05) is 31.7 Å². The summed E-state index contributed by atoms with van der Waals surface area (Å²) >= 11 is 0. The Morgan fingerprint density at radius 2 is 1.60 bits per heavy atom. The number of carbonyl (C=O) groups excluding carboxylic acids is 1. The zero-order valence-corrected chi connectivity index (χ0v) is 12.0. The van der Waals surface area contributed by atoms with Crippen molar-refractivity contribution in [2.24, 2.45) is 0 Å². The van der Waals surface area contributed by atoms with Crippen molar-refractivity contribution in [3.63, 3.8) is 0 Å². The van der Waals surface area contributed by atoms with Crippen molar-refractivity contribution in [2.45, 2.75) is 0 Å². The molecule has 2 rings (SSSR count). The van der Waals surface area contributed by atoms with E-state index in [-0.39, 0.29) is 5.91 Å². The van der Waals surface area contributed by atoms with Crippen LogP contribution >= 0.6 is 0 Å². The second kappa shape index (κ2) is 6.47. The summed E-state index contributed by atoms with van der Waals surface area (Å²) in [5.74, 6) is 1.41. The van der Waals surface area contributed by atoms with E-state index in [0.29, 0.717) is 49.0 Å². The van der Waals surface area contributed by atoms with Crippen molar-refractivity contribution >= 4 is 5.91 Å². The van der Waals surface area contributed by atoms with Gasteiger partial charge in [-0.25, -0.2) is 5.32 Å². The molecule has 1 saturated heterocycles. The number of amides is 1. The van der Waals surface area contributed by atoms with Gasteiger partial charge >= 0.3 is 0 Å². The number of hydrogen-bond donors (Lipinski definition) is 0. The number of piperazine rings is 1. The van der Waals surface area contributed by atoms with Crippen LogP contribution < -0.4 is 19.5 Å². The molecule has 20 heavy (non-hydrogen) atoms. The van der Waals surface area contributed by atoms with Crippen LogP contribution in [-0.4, -0.2) is 58.3 Å². The molecule has 0 atom stereocenters. The summed E-state index contributed by atoms with van der Waals surface area (Å²) in [6.07, 6.45) is 0. The zero-order chi connectivity index (χ0) is 14.5. The fraction of sp³-hybridized carbons (Fsp3) is 0.500. The molecule has 1 aromatic rings. The van der Waals surface area contributed by atoms with Gasteiger partial charge < -0.3 is 19.1 Å². The third-order valence-corrected chi connectivity index (χ3v) is 3.25. The highest BCUT2D eigenvalue weighted by Gasteiger charge is 2.22. The van der Waals surface area contributed by atoms with E-state index in [0.717, 1.165) is 0 Å². The van der Waals surface area contributed by atoms with E-state index >= 15 is 0 Å². The first kappa shape index (κ1) is 14.5. The Morgan fingerprint density at radius 1 is 1.05 bits per heavy atom. The Bertz CT molecular complexity index is 459. The molecule has 1 fully saturated rings. The summed E-state index contributed by atoms with van der Waals surface area (Å²) in [5, 5.41) is 4.23. The predicted octanol–water partition coefficient (Wildman–Crippen LogP) is 0.773. The highest BCUT2D eigenvalue weighted by molar-refractivity contribution is 5.95. The molecular weight excluding hydrogens is 260 g/mol. The second-order valence-electron chi connectivity index (χ2n) is 4.38. The Kier molecular flexibility index (Phi) is 4.68. The van der Waals surface area contributed by atoms with Gasteiger partial charge in [-0.1, -0.05) is 0 Å². The summed E-state index contributed by atoms with van der Waals surface area (Å²) in [6.45, 7) is 2.68. The maximum absolute atomic E-state index is 12.5. The lowest BCUT2D eigenvalue weighted by Crippen LogP contribution is -2.43. The molecule has 1 amide bonds. The van der Waals surface area contributed by atoms with Gasteiger partial charge in [-0.15, -0.1) is 0 Å². The van der Waals surface area contributed by atoms with Crippen LogP contribution in [0, 0.1) is 0 Å². The molecule has 6 nitrogen and oxygen atoms in total. The lowest BCUT2D eigenvalue weighted by Gasteiger charge is -2.27. The molecule has 0 N–H and O–H groups in total. The van der Waals surface area contributed by atoms with Gasteiger partial charge in [-0.2, -0.15) is 0 Å². The first-order valence-corrected chi connectivity index (χ1v) is 6.43. The molecule has 0 aliphatic carbocycles. The summed E-state index contributed by atoms with van der Waals surface area (Å²) < 4.78 is 15.8. The number of nitrogens with zero attached hydrogens (tertiary/aromatic N) is 2. The van der Waals surface area contributed by atoms with E-state index < -0.39 is 0 Å². The quantitative estimate of drug-likeness (QED) is 0.817. The first-order valence-electron chi connectivity index (χ1n) is 6.43. The molecule has 1 aliphatic rings. The van der Waals surface area contributed by atoms with E-state index in [1.54, 1.807) is 17.0 Å². The largest absolute Gasteiger partial charge is 0.493 e. The van der Waals surface area contributed by atoms with Crippen molar-refractivity contribution in [3.05, 3.63) is 17.7 Å². The van der Waals surface area contributed by atoms with Gasteiger partial charge in [0.05, 0.1) is 21.3 Å². The molecule has 6 heteroatoms. The number of methoxy groups -OCH3 is 3. The van der Waals surface area contributed by atoms with E-state index in [2.05, 4.69) is 5.32 Å². The van der Waals surface area contributed by atoms with Crippen molar-refractivity contribution in [3.8, 4) is 17.2 Å². The second-order valence-corrected chi connectivity index (χ2v) is 4.38. The van der Waals surface area contributed by atoms with Crippen LogP contribution in [0.25, 0.3) is 0 Å². The Balaban J connectivity index is 2.33. The molecule has 1 radical (unpaired) electrons. The molecule has 0 bridgehead atoms. The molecule has 0 unspecified atom stereocenters. The minimum absolute atomic E-state index is 0.0425. The first-order chi connectivity index (χ1) is 9.71. The molecule has 0 spiro atoms. The highest BCUT2D eigenvalue weighted by atomic mass is 16.5. The van der Waals surface area contributed by atoms with Gasteiger partial charge in [0.15, 0.2) is 11.5 Å². The average molecular weight is 279 g/mol. The summed E-state index contributed by atoms with van der Waals surface area (Å²) in [4.78, 5) is 14.3. The van der Waals surface area contributed by atoms with E-state index in [9.17, 15) is 4.79 Å². The average Bonchev–Trinajstić information content (AvgIpc) is 2.53. The number of carbonyl (C=O) groups is 1. The third kappa shape index (κ3) is 2.80. The van der Waals surface area contributed by atoms with Crippen LogP contribution in [0.5, 0.6) is 17.2 Å². The van der Waals surface area contributed by atoms with Gasteiger partial charge in [0.1, 0.15) is 0 Å². The molecular formula is C14H19N2O4. The van der Waals surface area contributed by atoms with Crippen molar-refractivity contribution < 1.29 is 19.0 Å². The monoisotopic (exact) mass is 279 g/mol. The summed E-state index contributed by atoms with van der Waals surface area (Å²) in [5.41, 5.74) is 0.529. The number of benzene rings is 1. The van der Waals surface area contributed by atoms with E-state index in [1.165, 1.54) is 21.3 Å². The fourth-order valence-electron chi connectivity index (χ4n) is 2.20. The molecule has 0 aromatic heterocycles. The predicted molar refractivity (Wildman–Crippen MR) is 73.9 cm³/mol. The minimum Gasteiger partial charge on any atom is -0.493 e. The maximum Gasteiger partial charge on any atom is 0.254 e. The molecule has 1 aromatic carbocycles. The normalized spacial score (nSPS) is 14.8. The topological polar surface area (TPSA) is 62.1 Å². The zero-order valence-electron chi connectivity index (χ0n) is 12.0. The van der Waals surface area contributed by atoms with Crippen molar-refractivity contribution in [2.75, 3.05) is 47.5 Å². The van der Waals surface area contributed by atoms with Crippen LogP contribution in [0.4, 0.5) is 0 Å². The van der Waals surface area contributed by atoms with Gasteiger partial charge in [0.25, 0.3) is 5.91 Å². The standard InChI is InChI=1S/C14H19N2O4/c1-18-11-8-10(9-12(19-2)13(11)20-3)14(17)16-6-4-15-5-7-16/h8-9H,4-7H2,1-3H3. The molecule has 1 heterocycles. The number of ether oxygens (including phenoxy) is 3. The van der Waals surface area contributed by atoms with Crippen LogP contribution in [0.2, 0.25) is 0 Å².